The highest BCUT2D eigenvalue weighted by molar-refractivity contribution is 5.20. The molecule has 0 aromatic heterocycles. The molecule has 4 nitrogen and oxygen atoms in total. The molecule has 0 atom stereocenters. The molecule has 0 N–H and O–H groups in total. The molecule has 1 aromatic rings. The quantitative estimate of drug-likeness (QED) is 0.369. The zero-order valence-corrected chi connectivity index (χ0v) is 5.84. The lowest BCUT2D eigenvalue weighted by Crippen LogP contribution is -1.90. The highest BCUT2D eigenvalue weighted by Gasteiger charge is 1.86. The summed E-state index contributed by atoms with van der Waals surface area (Å²) in [6.07, 6.45) is 0. The zero-order chi connectivity index (χ0) is 7.94. The van der Waals surface area contributed by atoms with E-state index in [4.69, 9.17) is 10.3 Å². The standard InChI is InChI=1S/C7H7N3O/c8-10-9-6-11-7-4-2-1-3-5-7/h1-5H,6H2. The van der Waals surface area contributed by atoms with E-state index in [2.05, 4.69) is 10.0 Å². The van der Waals surface area contributed by atoms with Crippen molar-refractivity contribution in [3.63, 3.8) is 0 Å². The Balaban J connectivity index is 2.45. The lowest BCUT2D eigenvalue weighted by molar-refractivity contribution is 0.329. The SMILES string of the molecule is [N-]=[N+]=NCOc1ccccc1. The first-order valence-corrected chi connectivity index (χ1v) is 3.12. The molecule has 0 aliphatic carbocycles. The van der Waals surface area contributed by atoms with Crippen molar-refractivity contribution in [2.45, 2.75) is 0 Å². The lowest BCUT2D eigenvalue weighted by atomic mass is 10.3. The number of ether oxygens (including phenoxy) is 1. The normalized spacial score (nSPS) is 8.36. The molecule has 56 valence electrons. The fourth-order valence-corrected chi connectivity index (χ4v) is 0.646. The van der Waals surface area contributed by atoms with Gasteiger partial charge in [-0.25, -0.2) is 0 Å². The molecule has 1 aromatic carbocycles. The molecule has 0 heterocycles. The van der Waals surface area contributed by atoms with Gasteiger partial charge in [-0.1, -0.05) is 23.3 Å². The maximum absolute atomic E-state index is 7.92. The van der Waals surface area contributed by atoms with Crippen LogP contribution in [0.1, 0.15) is 0 Å². The molecule has 0 spiro atoms. The Morgan fingerprint density at radius 1 is 1.36 bits per heavy atom. The van der Waals surface area contributed by atoms with Gasteiger partial charge in [0.05, 0.1) is 0 Å². The van der Waals surface area contributed by atoms with Gasteiger partial charge in [-0.15, -0.1) is 0 Å². The van der Waals surface area contributed by atoms with E-state index in [1.165, 1.54) is 0 Å². The molecule has 0 fully saturated rings. The van der Waals surface area contributed by atoms with Gasteiger partial charge in [0.2, 0.25) is 0 Å². The average Bonchev–Trinajstić information content (AvgIpc) is 2.07. The van der Waals surface area contributed by atoms with Crippen LogP contribution in [0.15, 0.2) is 35.4 Å². The van der Waals surface area contributed by atoms with Gasteiger partial charge in [0.25, 0.3) is 0 Å². The molecule has 0 saturated carbocycles. The summed E-state index contributed by atoms with van der Waals surface area (Å²) in [7, 11) is 0. The first-order valence-electron chi connectivity index (χ1n) is 3.12. The van der Waals surface area contributed by atoms with Crippen LogP contribution in [-0.4, -0.2) is 6.73 Å². The van der Waals surface area contributed by atoms with E-state index >= 15 is 0 Å². The summed E-state index contributed by atoms with van der Waals surface area (Å²) in [5.41, 5.74) is 7.92. The van der Waals surface area contributed by atoms with Crippen LogP contribution in [-0.2, 0) is 0 Å². The first kappa shape index (κ1) is 7.44. The van der Waals surface area contributed by atoms with Crippen LogP contribution in [0.5, 0.6) is 5.75 Å². The van der Waals surface area contributed by atoms with E-state index < -0.39 is 0 Å². The van der Waals surface area contributed by atoms with Crippen LogP contribution in [0.25, 0.3) is 10.4 Å². The third-order valence-electron chi connectivity index (χ3n) is 1.10. The van der Waals surface area contributed by atoms with Crippen LogP contribution < -0.4 is 4.74 Å². The van der Waals surface area contributed by atoms with Crippen molar-refractivity contribution in [2.24, 2.45) is 5.11 Å². The second-order valence-electron chi connectivity index (χ2n) is 1.82. The maximum atomic E-state index is 7.92. The van der Waals surface area contributed by atoms with Crippen LogP contribution >= 0.6 is 0 Å². The van der Waals surface area contributed by atoms with Gasteiger partial charge < -0.3 is 4.74 Å². The number of nitrogens with zero attached hydrogens (tertiary/aromatic N) is 3. The molecule has 0 bridgehead atoms. The van der Waals surface area contributed by atoms with Crippen molar-refractivity contribution in [1.82, 2.24) is 0 Å². The minimum absolute atomic E-state index is 0.0422. The molecule has 0 saturated heterocycles. The summed E-state index contributed by atoms with van der Waals surface area (Å²) in [5.74, 6) is 0.708. The molecular formula is C7H7N3O. The summed E-state index contributed by atoms with van der Waals surface area (Å²) in [6, 6.07) is 9.19. The van der Waals surface area contributed by atoms with Crippen LogP contribution in [0, 0.1) is 0 Å². The van der Waals surface area contributed by atoms with E-state index in [0.717, 1.165) is 0 Å². The largest absolute Gasteiger partial charge is 0.488 e. The lowest BCUT2D eigenvalue weighted by Gasteiger charge is -1.99. The minimum Gasteiger partial charge on any atom is -0.488 e. The zero-order valence-electron chi connectivity index (χ0n) is 5.84. The fourth-order valence-electron chi connectivity index (χ4n) is 0.646. The average molecular weight is 149 g/mol. The van der Waals surface area contributed by atoms with Crippen LogP contribution in [0.3, 0.4) is 0 Å². The monoisotopic (exact) mass is 149 g/mol. The Morgan fingerprint density at radius 2 is 2.09 bits per heavy atom. The second kappa shape index (κ2) is 4.19. The Kier molecular flexibility index (Phi) is 2.84. The molecule has 0 aliphatic rings. The number of rotatable bonds is 3. The van der Waals surface area contributed by atoms with Crippen molar-refractivity contribution in [2.75, 3.05) is 6.73 Å². The van der Waals surface area contributed by atoms with Crippen molar-refractivity contribution < 1.29 is 4.74 Å². The van der Waals surface area contributed by atoms with Gasteiger partial charge in [-0.2, -0.15) is 0 Å². The summed E-state index contributed by atoms with van der Waals surface area (Å²) in [5, 5.41) is 3.23. The molecule has 0 amide bonds. The number of benzene rings is 1. The fraction of sp³-hybridized carbons (Fsp3) is 0.143. The predicted molar refractivity (Wildman–Crippen MR) is 41.1 cm³/mol. The Hall–Kier alpha value is -1.67. The topological polar surface area (TPSA) is 58.0 Å². The molecular weight excluding hydrogens is 142 g/mol. The van der Waals surface area contributed by atoms with Gasteiger partial charge in [-0.05, 0) is 17.7 Å². The third kappa shape index (κ3) is 2.60. The van der Waals surface area contributed by atoms with E-state index in [1.807, 2.05) is 18.2 Å². The molecule has 11 heavy (non-hydrogen) atoms. The first-order chi connectivity index (χ1) is 5.43. The number of para-hydroxylation sites is 1. The maximum Gasteiger partial charge on any atom is 0.167 e. The van der Waals surface area contributed by atoms with Gasteiger partial charge in [0, 0.05) is 4.91 Å². The number of hydrogen-bond acceptors (Lipinski definition) is 2. The Labute approximate surface area is 64.0 Å². The highest BCUT2D eigenvalue weighted by Crippen LogP contribution is 2.07. The van der Waals surface area contributed by atoms with E-state index in [-0.39, 0.29) is 6.73 Å². The van der Waals surface area contributed by atoms with E-state index in [0.29, 0.717) is 5.75 Å². The molecule has 0 radical (unpaired) electrons. The highest BCUT2D eigenvalue weighted by atomic mass is 16.5. The van der Waals surface area contributed by atoms with Crippen LogP contribution in [0.4, 0.5) is 0 Å². The summed E-state index contributed by atoms with van der Waals surface area (Å²) in [6.45, 7) is 0.0422. The Bertz CT molecular complexity index is 254. The second-order valence-corrected chi connectivity index (χ2v) is 1.82. The van der Waals surface area contributed by atoms with Gasteiger partial charge >= 0.3 is 0 Å². The van der Waals surface area contributed by atoms with Gasteiger partial charge in [0.15, 0.2) is 6.73 Å². The van der Waals surface area contributed by atoms with Crippen molar-refractivity contribution in [1.29, 1.82) is 0 Å². The summed E-state index contributed by atoms with van der Waals surface area (Å²) in [4.78, 5) is 2.55. The van der Waals surface area contributed by atoms with E-state index in [9.17, 15) is 0 Å². The van der Waals surface area contributed by atoms with Crippen molar-refractivity contribution in [3.8, 4) is 5.75 Å². The summed E-state index contributed by atoms with van der Waals surface area (Å²) < 4.78 is 5.03. The van der Waals surface area contributed by atoms with Crippen LogP contribution in [0.2, 0.25) is 0 Å². The number of hydrogen-bond donors (Lipinski definition) is 0. The predicted octanol–water partition coefficient (Wildman–Crippen LogP) is 2.33. The molecule has 4 heteroatoms. The van der Waals surface area contributed by atoms with Crippen molar-refractivity contribution in [3.05, 3.63) is 40.8 Å². The summed E-state index contributed by atoms with van der Waals surface area (Å²) >= 11 is 0. The van der Waals surface area contributed by atoms with Gasteiger partial charge in [0.1, 0.15) is 5.75 Å². The molecule has 1 rings (SSSR count). The smallest absolute Gasteiger partial charge is 0.167 e. The minimum atomic E-state index is 0.0422. The van der Waals surface area contributed by atoms with Gasteiger partial charge in [-0.3, -0.25) is 0 Å². The Morgan fingerprint density at radius 3 is 2.73 bits per heavy atom. The van der Waals surface area contributed by atoms with Crippen molar-refractivity contribution >= 4 is 0 Å². The van der Waals surface area contributed by atoms with E-state index in [1.54, 1.807) is 12.1 Å². The molecule has 0 aliphatic heterocycles. The molecule has 0 unspecified atom stereocenters. The number of azide groups is 1. The third-order valence-corrected chi connectivity index (χ3v) is 1.10.